The van der Waals surface area contributed by atoms with Gasteiger partial charge in [0, 0.05) is 48.6 Å². The Labute approximate surface area is 201 Å². The van der Waals surface area contributed by atoms with Crippen LogP contribution in [0.3, 0.4) is 0 Å². The number of aliphatic hydroxyl groups is 1. The Morgan fingerprint density at radius 2 is 1.70 bits per heavy atom. The summed E-state index contributed by atoms with van der Waals surface area (Å²) in [5.74, 6) is 7.97. The van der Waals surface area contributed by atoms with Gasteiger partial charge in [0.05, 0.1) is 0 Å². The maximum absolute atomic E-state index is 9.10. The average molecular weight is 461 g/mol. The van der Waals surface area contributed by atoms with Crippen LogP contribution in [0.25, 0.3) is 11.1 Å². The van der Waals surface area contributed by atoms with E-state index in [0.29, 0.717) is 6.61 Å². The Kier molecular flexibility index (Phi) is 8.38. The zero-order valence-electron chi connectivity index (χ0n) is 18.7. The lowest BCUT2D eigenvalue weighted by molar-refractivity contribution is 0.184. The molecule has 1 fully saturated rings. The monoisotopic (exact) mass is 460 g/mol. The van der Waals surface area contributed by atoms with Crippen molar-refractivity contribution in [1.29, 1.82) is 0 Å². The lowest BCUT2D eigenvalue weighted by Crippen LogP contribution is -2.31. The molecule has 33 heavy (non-hydrogen) atoms. The summed E-state index contributed by atoms with van der Waals surface area (Å²) in [6, 6.07) is 19.5. The summed E-state index contributed by atoms with van der Waals surface area (Å²) in [4.78, 5) is 6.86. The van der Waals surface area contributed by atoms with E-state index < -0.39 is 0 Å². The highest BCUT2D eigenvalue weighted by molar-refractivity contribution is 6.30. The minimum atomic E-state index is 0.243. The van der Waals surface area contributed by atoms with E-state index in [0.717, 1.165) is 65.1 Å². The summed E-state index contributed by atoms with van der Waals surface area (Å²) in [7, 11) is 0. The van der Waals surface area contributed by atoms with Crippen molar-refractivity contribution in [3.05, 3.63) is 83.1 Å². The largest absolute Gasteiger partial charge is 0.492 e. The molecule has 1 heterocycles. The predicted octanol–water partition coefficient (Wildman–Crippen LogP) is 5.28. The first-order chi connectivity index (χ1) is 16.2. The molecule has 0 aliphatic heterocycles. The van der Waals surface area contributed by atoms with Crippen molar-refractivity contribution in [2.75, 3.05) is 32.8 Å². The van der Waals surface area contributed by atoms with Crippen molar-refractivity contribution in [3.8, 4) is 28.7 Å². The molecule has 5 heteroatoms. The molecule has 0 radical (unpaired) electrons. The van der Waals surface area contributed by atoms with Crippen LogP contribution in [0.15, 0.2) is 66.9 Å². The first kappa shape index (κ1) is 23.3. The first-order valence-electron chi connectivity index (χ1n) is 11.5. The second kappa shape index (κ2) is 11.9. The van der Waals surface area contributed by atoms with E-state index in [1.807, 2.05) is 66.9 Å². The number of halogens is 1. The van der Waals surface area contributed by atoms with Crippen LogP contribution in [-0.2, 0) is 0 Å². The lowest BCUT2D eigenvalue weighted by Gasteiger charge is -2.21. The fourth-order valence-electron chi connectivity index (χ4n) is 3.60. The highest BCUT2D eigenvalue weighted by atomic mass is 35.5. The molecular formula is C28H29ClN2O2. The summed E-state index contributed by atoms with van der Waals surface area (Å²) in [5, 5.41) is 9.82. The van der Waals surface area contributed by atoms with E-state index in [2.05, 4.69) is 21.7 Å². The summed E-state index contributed by atoms with van der Waals surface area (Å²) in [6.07, 6.45) is 5.32. The number of hydrogen-bond donors (Lipinski definition) is 1. The van der Waals surface area contributed by atoms with E-state index in [-0.39, 0.29) is 6.61 Å². The van der Waals surface area contributed by atoms with Crippen LogP contribution in [0, 0.1) is 17.8 Å². The van der Waals surface area contributed by atoms with Gasteiger partial charge in [-0.25, -0.2) is 4.98 Å². The molecule has 4 nitrogen and oxygen atoms in total. The van der Waals surface area contributed by atoms with Gasteiger partial charge < -0.3 is 9.84 Å². The normalized spacial score (nSPS) is 12.9. The maximum atomic E-state index is 9.10. The topological polar surface area (TPSA) is 45.6 Å². The van der Waals surface area contributed by atoms with E-state index in [1.54, 1.807) is 0 Å². The van der Waals surface area contributed by atoms with Gasteiger partial charge in [-0.15, -0.1) is 0 Å². The van der Waals surface area contributed by atoms with Gasteiger partial charge in [-0.05, 0) is 79.1 Å². The number of benzene rings is 2. The van der Waals surface area contributed by atoms with Gasteiger partial charge >= 0.3 is 0 Å². The van der Waals surface area contributed by atoms with Gasteiger partial charge in [-0.2, -0.15) is 0 Å². The Hall–Kier alpha value is -2.84. The van der Waals surface area contributed by atoms with E-state index in [1.165, 1.54) is 12.8 Å². The van der Waals surface area contributed by atoms with Crippen LogP contribution in [-0.4, -0.2) is 47.8 Å². The van der Waals surface area contributed by atoms with E-state index in [9.17, 15) is 0 Å². The van der Waals surface area contributed by atoms with Crippen molar-refractivity contribution in [2.45, 2.75) is 19.3 Å². The van der Waals surface area contributed by atoms with Crippen molar-refractivity contribution in [3.63, 3.8) is 0 Å². The zero-order valence-corrected chi connectivity index (χ0v) is 19.5. The molecule has 1 N–H and O–H groups in total. The van der Waals surface area contributed by atoms with Gasteiger partial charge in [0.1, 0.15) is 18.1 Å². The molecule has 0 bridgehead atoms. The van der Waals surface area contributed by atoms with Gasteiger partial charge in [0.25, 0.3) is 0 Å². The first-order valence-corrected chi connectivity index (χ1v) is 11.9. The molecule has 0 unspecified atom stereocenters. The van der Waals surface area contributed by atoms with Crippen LogP contribution < -0.4 is 4.74 Å². The third-order valence-electron chi connectivity index (χ3n) is 5.65. The minimum absolute atomic E-state index is 0.243. The minimum Gasteiger partial charge on any atom is -0.492 e. The second-order valence-electron chi connectivity index (χ2n) is 8.38. The SMILES string of the molecule is OCCCN(CCOc1ccc(C#Cc2ccc(-c3ccc(Cl)cc3)cn2)cc1)CC1CC1. The summed E-state index contributed by atoms with van der Waals surface area (Å²) in [6.45, 7) is 3.82. The number of aliphatic hydroxyl groups excluding tert-OH is 1. The quantitative estimate of drug-likeness (QED) is 0.418. The van der Waals surface area contributed by atoms with Gasteiger partial charge in [-0.3, -0.25) is 4.90 Å². The van der Waals surface area contributed by atoms with Crippen molar-refractivity contribution >= 4 is 11.6 Å². The molecule has 4 rings (SSSR count). The van der Waals surface area contributed by atoms with Crippen LogP contribution in [0.1, 0.15) is 30.5 Å². The predicted molar refractivity (Wildman–Crippen MR) is 133 cm³/mol. The Morgan fingerprint density at radius 1 is 0.939 bits per heavy atom. The second-order valence-corrected chi connectivity index (χ2v) is 8.82. The smallest absolute Gasteiger partial charge is 0.119 e. The Morgan fingerprint density at radius 3 is 2.36 bits per heavy atom. The molecule has 1 aromatic heterocycles. The molecule has 0 saturated heterocycles. The molecule has 170 valence electrons. The highest BCUT2D eigenvalue weighted by Gasteiger charge is 2.23. The molecular weight excluding hydrogens is 432 g/mol. The lowest BCUT2D eigenvalue weighted by atomic mass is 10.1. The summed E-state index contributed by atoms with van der Waals surface area (Å²) >= 11 is 5.95. The number of aromatic nitrogens is 1. The van der Waals surface area contributed by atoms with Crippen molar-refractivity contribution < 1.29 is 9.84 Å². The van der Waals surface area contributed by atoms with Crippen molar-refractivity contribution in [1.82, 2.24) is 9.88 Å². The van der Waals surface area contributed by atoms with Crippen LogP contribution in [0.5, 0.6) is 5.75 Å². The molecule has 3 aromatic rings. The number of pyridine rings is 1. The molecule has 0 atom stereocenters. The Balaban J connectivity index is 1.27. The Bertz CT molecular complexity index is 1070. The van der Waals surface area contributed by atoms with Crippen LogP contribution in [0.4, 0.5) is 0 Å². The molecule has 0 spiro atoms. The molecule has 1 saturated carbocycles. The highest BCUT2D eigenvalue weighted by Crippen LogP contribution is 2.29. The van der Waals surface area contributed by atoms with E-state index in [4.69, 9.17) is 21.4 Å². The molecule has 2 aromatic carbocycles. The number of ether oxygens (including phenoxy) is 1. The van der Waals surface area contributed by atoms with Crippen molar-refractivity contribution in [2.24, 2.45) is 5.92 Å². The number of rotatable bonds is 10. The fourth-order valence-corrected chi connectivity index (χ4v) is 3.72. The third kappa shape index (κ3) is 7.61. The molecule has 1 aliphatic carbocycles. The molecule has 1 aliphatic rings. The standard InChI is InChI=1S/C28H29ClN2O2/c29-26-10-7-24(8-11-26)25-9-13-27(30-20-25)12-4-22-5-14-28(15-6-22)33-19-17-31(16-1-18-32)21-23-2-3-23/h5-11,13-15,20,23,32H,1-3,16-19,21H2. The fraction of sp³-hybridized carbons (Fsp3) is 0.321. The number of hydrogen-bond acceptors (Lipinski definition) is 4. The summed E-state index contributed by atoms with van der Waals surface area (Å²) in [5.41, 5.74) is 3.76. The summed E-state index contributed by atoms with van der Waals surface area (Å²) < 4.78 is 5.93. The number of nitrogens with zero attached hydrogens (tertiary/aromatic N) is 2. The molecule has 0 amide bonds. The van der Waals surface area contributed by atoms with Gasteiger partial charge in [0.2, 0.25) is 0 Å². The van der Waals surface area contributed by atoms with Crippen LogP contribution in [0.2, 0.25) is 5.02 Å². The average Bonchev–Trinajstić information content (AvgIpc) is 3.67. The van der Waals surface area contributed by atoms with Crippen LogP contribution >= 0.6 is 11.6 Å². The van der Waals surface area contributed by atoms with Gasteiger partial charge in [0.15, 0.2) is 0 Å². The zero-order chi connectivity index (χ0) is 22.9. The maximum Gasteiger partial charge on any atom is 0.119 e. The van der Waals surface area contributed by atoms with E-state index >= 15 is 0 Å². The third-order valence-corrected chi connectivity index (χ3v) is 5.90. The van der Waals surface area contributed by atoms with Gasteiger partial charge in [-0.1, -0.05) is 35.7 Å².